The Balaban J connectivity index is 1.36. The second-order valence-electron chi connectivity index (χ2n) is 7.80. The van der Waals surface area contributed by atoms with E-state index in [1.807, 2.05) is 29.2 Å². The first-order valence-corrected chi connectivity index (χ1v) is 10.2. The number of anilines is 1. The number of benzene rings is 2. The van der Waals surface area contributed by atoms with Crippen molar-refractivity contribution in [3.05, 3.63) is 58.9 Å². The Bertz CT molecular complexity index is 970. The molecule has 158 valence electrons. The van der Waals surface area contributed by atoms with E-state index >= 15 is 0 Å². The summed E-state index contributed by atoms with van der Waals surface area (Å²) in [4.78, 5) is 30.5. The quantitative estimate of drug-likeness (QED) is 0.776. The number of nitrogens with zero attached hydrogens (tertiary/aromatic N) is 3. The zero-order chi connectivity index (χ0) is 21.3. The minimum absolute atomic E-state index is 0.0224. The lowest BCUT2D eigenvalue weighted by Gasteiger charge is -2.35. The third-order valence-corrected chi connectivity index (χ3v) is 5.88. The van der Waals surface area contributed by atoms with Gasteiger partial charge in [-0.1, -0.05) is 6.07 Å². The summed E-state index contributed by atoms with van der Waals surface area (Å²) in [5, 5.41) is 0. The minimum atomic E-state index is -0.358. The standard InChI is InChI=1S/C23H26FN3O3/c1-16(28)27-8-7-18-14-19(4-5-21(18)27)23(29)26-11-9-25(10-12-26)15-17-3-6-22(30-2)20(24)13-17/h3-6,13-14H,7-12,15H2,1-2H3. The highest BCUT2D eigenvalue weighted by atomic mass is 19.1. The molecule has 2 aliphatic rings. The molecule has 0 aliphatic carbocycles. The fourth-order valence-electron chi connectivity index (χ4n) is 4.22. The molecule has 1 fully saturated rings. The number of rotatable bonds is 4. The number of carbonyl (C=O) groups is 2. The molecule has 6 nitrogen and oxygen atoms in total. The molecule has 0 N–H and O–H groups in total. The van der Waals surface area contributed by atoms with Gasteiger partial charge < -0.3 is 14.5 Å². The Kier molecular flexibility index (Phi) is 5.72. The van der Waals surface area contributed by atoms with Crippen LogP contribution in [0.25, 0.3) is 0 Å². The van der Waals surface area contributed by atoms with E-state index in [9.17, 15) is 14.0 Å². The highest BCUT2D eigenvalue weighted by molar-refractivity contribution is 5.98. The second kappa shape index (κ2) is 8.44. The van der Waals surface area contributed by atoms with Gasteiger partial charge in [0.15, 0.2) is 11.6 Å². The number of hydrogen-bond donors (Lipinski definition) is 0. The maximum Gasteiger partial charge on any atom is 0.253 e. The van der Waals surface area contributed by atoms with Crippen LogP contribution >= 0.6 is 0 Å². The molecule has 0 bridgehead atoms. The fourth-order valence-corrected chi connectivity index (χ4v) is 4.22. The summed E-state index contributed by atoms with van der Waals surface area (Å²) in [7, 11) is 1.45. The summed E-state index contributed by atoms with van der Waals surface area (Å²) in [6, 6.07) is 10.6. The number of fused-ring (bicyclic) bond motifs is 1. The van der Waals surface area contributed by atoms with Crippen LogP contribution in [0.3, 0.4) is 0 Å². The highest BCUT2D eigenvalue weighted by Gasteiger charge is 2.26. The Morgan fingerprint density at radius 2 is 1.80 bits per heavy atom. The number of piperazine rings is 1. The van der Waals surface area contributed by atoms with Crippen molar-refractivity contribution in [2.45, 2.75) is 19.9 Å². The third-order valence-electron chi connectivity index (χ3n) is 5.88. The SMILES string of the molecule is COc1ccc(CN2CCN(C(=O)c3ccc4c(c3)CCN4C(C)=O)CC2)cc1F. The van der Waals surface area contributed by atoms with Gasteiger partial charge in [-0.2, -0.15) is 0 Å². The van der Waals surface area contributed by atoms with Crippen LogP contribution in [0.2, 0.25) is 0 Å². The normalized spacial score (nSPS) is 16.5. The van der Waals surface area contributed by atoms with Crippen LogP contribution in [-0.4, -0.2) is 61.4 Å². The summed E-state index contributed by atoms with van der Waals surface area (Å²) >= 11 is 0. The molecule has 2 amide bonds. The summed E-state index contributed by atoms with van der Waals surface area (Å²) in [5.74, 6) is -0.0615. The number of methoxy groups -OCH3 is 1. The van der Waals surface area contributed by atoms with E-state index in [4.69, 9.17) is 4.74 Å². The van der Waals surface area contributed by atoms with Crippen molar-refractivity contribution < 1.29 is 18.7 Å². The summed E-state index contributed by atoms with van der Waals surface area (Å²) in [6.07, 6.45) is 0.780. The lowest BCUT2D eigenvalue weighted by Crippen LogP contribution is -2.48. The van der Waals surface area contributed by atoms with E-state index in [1.165, 1.54) is 13.2 Å². The van der Waals surface area contributed by atoms with Gasteiger partial charge in [-0.3, -0.25) is 14.5 Å². The van der Waals surface area contributed by atoms with Gasteiger partial charge >= 0.3 is 0 Å². The molecular formula is C23H26FN3O3. The monoisotopic (exact) mass is 411 g/mol. The van der Waals surface area contributed by atoms with Crippen molar-refractivity contribution in [2.75, 3.05) is 44.7 Å². The van der Waals surface area contributed by atoms with Crippen molar-refractivity contribution in [1.82, 2.24) is 9.80 Å². The zero-order valence-electron chi connectivity index (χ0n) is 17.4. The van der Waals surface area contributed by atoms with E-state index in [0.717, 1.165) is 36.3 Å². The first kappa shape index (κ1) is 20.3. The van der Waals surface area contributed by atoms with Crippen LogP contribution in [0.15, 0.2) is 36.4 Å². The van der Waals surface area contributed by atoms with Crippen molar-refractivity contribution in [2.24, 2.45) is 0 Å². The number of halogens is 1. The number of ether oxygens (including phenoxy) is 1. The molecule has 0 aromatic heterocycles. The van der Waals surface area contributed by atoms with Gasteiger partial charge in [-0.15, -0.1) is 0 Å². The largest absolute Gasteiger partial charge is 0.494 e. The van der Waals surface area contributed by atoms with Crippen LogP contribution in [0.4, 0.5) is 10.1 Å². The van der Waals surface area contributed by atoms with Crippen LogP contribution in [-0.2, 0) is 17.8 Å². The van der Waals surface area contributed by atoms with Crippen molar-refractivity contribution >= 4 is 17.5 Å². The second-order valence-corrected chi connectivity index (χ2v) is 7.80. The van der Waals surface area contributed by atoms with Crippen LogP contribution in [0.1, 0.15) is 28.4 Å². The average molecular weight is 411 g/mol. The maximum absolute atomic E-state index is 13.9. The lowest BCUT2D eigenvalue weighted by molar-refractivity contribution is -0.116. The molecular weight excluding hydrogens is 385 g/mol. The zero-order valence-corrected chi connectivity index (χ0v) is 17.4. The van der Waals surface area contributed by atoms with Gasteiger partial charge in [-0.25, -0.2) is 4.39 Å². The molecule has 0 spiro atoms. The Hall–Kier alpha value is -2.93. The van der Waals surface area contributed by atoms with Gasteiger partial charge in [0.1, 0.15) is 0 Å². The van der Waals surface area contributed by atoms with E-state index in [1.54, 1.807) is 17.9 Å². The predicted octanol–water partition coefficient (Wildman–Crippen LogP) is 2.70. The summed E-state index contributed by atoms with van der Waals surface area (Å²) in [6.45, 7) is 5.62. The molecule has 4 rings (SSSR count). The van der Waals surface area contributed by atoms with E-state index in [0.29, 0.717) is 31.7 Å². The molecule has 0 unspecified atom stereocenters. The van der Waals surface area contributed by atoms with Gasteiger partial charge in [0.05, 0.1) is 7.11 Å². The van der Waals surface area contributed by atoms with Crippen LogP contribution in [0.5, 0.6) is 5.75 Å². The maximum atomic E-state index is 13.9. The van der Waals surface area contributed by atoms with Gasteiger partial charge in [0.25, 0.3) is 5.91 Å². The smallest absolute Gasteiger partial charge is 0.253 e. The molecule has 0 atom stereocenters. The Morgan fingerprint density at radius 1 is 1.03 bits per heavy atom. The topological polar surface area (TPSA) is 53.1 Å². The third kappa shape index (κ3) is 4.03. The predicted molar refractivity (Wildman–Crippen MR) is 112 cm³/mol. The van der Waals surface area contributed by atoms with E-state index < -0.39 is 0 Å². The first-order valence-electron chi connectivity index (χ1n) is 10.2. The van der Waals surface area contributed by atoms with Crippen LogP contribution in [0, 0.1) is 5.82 Å². The number of carbonyl (C=O) groups excluding carboxylic acids is 2. The van der Waals surface area contributed by atoms with Crippen molar-refractivity contribution in [3.8, 4) is 5.75 Å². The summed E-state index contributed by atoms with van der Waals surface area (Å²) < 4.78 is 18.9. The molecule has 0 saturated carbocycles. The van der Waals surface area contributed by atoms with Gasteiger partial charge in [-0.05, 0) is 47.9 Å². The van der Waals surface area contributed by atoms with Crippen LogP contribution < -0.4 is 9.64 Å². The first-order chi connectivity index (χ1) is 14.5. The molecule has 7 heteroatoms. The van der Waals surface area contributed by atoms with Gasteiger partial charge in [0.2, 0.25) is 5.91 Å². The number of amides is 2. The molecule has 30 heavy (non-hydrogen) atoms. The van der Waals surface area contributed by atoms with E-state index in [-0.39, 0.29) is 23.4 Å². The lowest BCUT2D eigenvalue weighted by atomic mass is 10.1. The van der Waals surface area contributed by atoms with Crippen molar-refractivity contribution in [1.29, 1.82) is 0 Å². The molecule has 2 aromatic rings. The van der Waals surface area contributed by atoms with Crippen molar-refractivity contribution in [3.63, 3.8) is 0 Å². The van der Waals surface area contributed by atoms with Gasteiger partial charge in [0, 0.05) is 57.4 Å². The highest BCUT2D eigenvalue weighted by Crippen LogP contribution is 2.29. The Morgan fingerprint density at radius 3 is 2.47 bits per heavy atom. The average Bonchev–Trinajstić information content (AvgIpc) is 3.17. The fraction of sp³-hybridized carbons (Fsp3) is 0.391. The molecule has 2 aromatic carbocycles. The summed E-state index contributed by atoms with van der Waals surface area (Å²) in [5.41, 5.74) is 3.53. The molecule has 2 heterocycles. The molecule has 2 aliphatic heterocycles. The Labute approximate surface area is 175 Å². The molecule has 1 saturated heterocycles. The molecule has 0 radical (unpaired) electrons. The van der Waals surface area contributed by atoms with E-state index in [2.05, 4.69) is 4.90 Å². The minimum Gasteiger partial charge on any atom is -0.494 e. The number of hydrogen-bond acceptors (Lipinski definition) is 4.